The number of methoxy groups -OCH3 is 1. The Bertz CT molecular complexity index is 1110. The predicted octanol–water partition coefficient (Wildman–Crippen LogP) is 4.35. The van der Waals surface area contributed by atoms with Gasteiger partial charge in [0.2, 0.25) is 6.79 Å². The summed E-state index contributed by atoms with van der Waals surface area (Å²) >= 11 is 0. The molecule has 0 spiro atoms. The van der Waals surface area contributed by atoms with Crippen molar-refractivity contribution in [2.24, 2.45) is 4.99 Å². The third-order valence-electron chi connectivity index (χ3n) is 5.49. The number of phenolic OH excluding ortho intramolecular Hbond substituents is 1. The second-order valence-corrected chi connectivity index (χ2v) is 7.27. The highest BCUT2D eigenvalue weighted by atomic mass is 16.7. The number of rotatable bonds is 4. The van der Waals surface area contributed by atoms with Crippen LogP contribution in [0.1, 0.15) is 35.3 Å². The summed E-state index contributed by atoms with van der Waals surface area (Å²) in [4.78, 5) is 5.01. The van der Waals surface area contributed by atoms with Crippen LogP contribution in [-0.4, -0.2) is 24.7 Å². The molecule has 0 amide bonds. The molecule has 2 aliphatic rings. The van der Waals surface area contributed by atoms with Crippen LogP contribution in [0.25, 0.3) is 0 Å². The van der Waals surface area contributed by atoms with Gasteiger partial charge in [-0.1, -0.05) is 36.4 Å². The van der Waals surface area contributed by atoms with Crippen LogP contribution in [-0.2, 0) is 0 Å². The monoisotopic (exact) mass is 402 g/mol. The van der Waals surface area contributed by atoms with Gasteiger partial charge in [0, 0.05) is 29.3 Å². The number of benzene rings is 3. The van der Waals surface area contributed by atoms with E-state index in [4.69, 9.17) is 19.2 Å². The molecule has 0 unspecified atom stereocenters. The first-order valence-electron chi connectivity index (χ1n) is 9.86. The molecule has 0 aromatic heterocycles. The number of nitrogens with one attached hydrogen (secondary N) is 1. The van der Waals surface area contributed by atoms with Crippen molar-refractivity contribution in [3.8, 4) is 23.0 Å². The lowest BCUT2D eigenvalue weighted by atomic mass is 9.93. The van der Waals surface area contributed by atoms with Crippen LogP contribution in [0.4, 0.5) is 0 Å². The molecule has 0 radical (unpaired) electrons. The molecule has 2 heterocycles. The normalized spacial score (nSPS) is 20.0. The fourth-order valence-electron chi connectivity index (χ4n) is 3.99. The van der Waals surface area contributed by atoms with E-state index >= 15 is 0 Å². The molecule has 6 heteroatoms. The number of hydrogen-bond donors (Lipinski definition) is 2. The van der Waals surface area contributed by atoms with Crippen LogP contribution >= 0.6 is 0 Å². The van der Waals surface area contributed by atoms with Crippen LogP contribution in [0.3, 0.4) is 0 Å². The summed E-state index contributed by atoms with van der Waals surface area (Å²) in [6.07, 6.45) is 0.308. The summed E-state index contributed by atoms with van der Waals surface area (Å²) < 4.78 is 16.6. The minimum absolute atomic E-state index is 0.112. The van der Waals surface area contributed by atoms with Crippen molar-refractivity contribution in [2.45, 2.75) is 18.6 Å². The second-order valence-electron chi connectivity index (χ2n) is 7.27. The van der Waals surface area contributed by atoms with Crippen LogP contribution < -0.4 is 19.5 Å². The number of ether oxygens (including phenoxy) is 3. The van der Waals surface area contributed by atoms with Gasteiger partial charge in [-0.25, -0.2) is 0 Å². The van der Waals surface area contributed by atoms with E-state index in [9.17, 15) is 5.11 Å². The van der Waals surface area contributed by atoms with Gasteiger partial charge >= 0.3 is 0 Å². The molecule has 5 rings (SSSR count). The zero-order valence-corrected chi connectivity index (χ0v) is 16.5. The van der Waals surface area contributed by atoms with Crippen molar-refractivity contribution in [1.29, 1.82) is 0 Å². The molecule has 2 N–H and O–H groups in total. The summed E-state index contributed by atoms with van der Waals surface area (Å²) in [5.74, 6) is 2.50. The molecular weight excluding hydrogens is 380 g/mol. The molecule has 3 aromatic carbocycles. The fourth-order valence-corrected chi connectivity index (χ4v) is 3.99. The van der Waals surface area contributed by atoms with Gasteiger partial charge in [-0.05, 0) is 35.9 Å². The topological polar surface area (TPSA) is 72.3 Å². The first kappa shape index (κ1) is 18.5. The molecule has 2 atom stereocenters. The maximum Gasteiger partial charge on any atom is 0.231 e. The Kier molecular flexibility index (Phi) is 4.77. The quantitative estimate of drug-likeness (QED) is 0.679. The fraction of sp³-hybridized carbons (Fsp3) is 0.208. The molecule has 0 fully saturated rings. The van der Waals surface area contributed by atoms with E-state index in [0.29, 0.717) is 6.42 Å². The van der Waals surface area contributed by atoms with Gasteiger partial charge in [0.05, 0.1) is 7.11 Å². The third-order valence-corrected chi connectivity index (χ3v) is 5.49. The zero-order valence-electron chi connectivity index (χ0n) is 16.5. The van der Waals surface area contributed by atoms with Gasteiger partial charge in [-0.15, -0.1) is 0 Å². The van der Waals surface area contributed by atoms with E-state index < -0.39 is 0 Å². The van der Waals surface area contributed by atoms with Crippen molar-refractivity contribution in [3.63, 3.8) is 0 Å². The number of fused-ring (bicyclic) bond motifs is 1. The first-order chi connectivity index (χ1) is 14.7. The minimum Gasteiger partial charge on any atom is -0.508 e. The van der Waals surface area contributed by atoms with Gasteiger partial charge in [0.15, 0.2) is 11.5 Å². The standard InChI is InChI=1S/C24H22N2O4/c1-28-21-9-5-3-7-17(21)24-25-18(15-10-11-22-23(12-15)30-14-29-22)13-19(26-24)16-6-2-4-8-20(16)27/h2-12,19,24,26-27H,13-14H2,1H3/t19-,24-/m0/s1. The summed E-state index contributed by atoms with van der Waals surface area (Å²) in [6, 6.07) is 21.0. The Morgan fingerprint density at radius 3 is 2.57 bits per heavy atom. The van der Waals surface area contributed by atoms with Crippen molar-refractivity contribution >= 4 is 5.71 Å². The summed E-state index contributed by atoms with van der Waals surface area (Å²) in [5, 5.41) is 14.0. The number of nitrogens with zero attached hydrogens (tertiary/aromatic N) is 1. The molecule has 0 bridgehead atoms. The van der Waals surface area contributed by atoms with E-state index in [1.165, 1.54) is 0 Å². The lowest BCUT2D eigenvalue weighted by Gasteiger charge is -2.31. The van der Waals surface area contributed by atoms with Gasteiger partial charge in [-0.3, -0.25) is 10.3 Å². The number of hydrogen-bond acceptors (Lipinski definition) is 6. The van der Waals surface area contributed by atoms with E-state index in [2.05, 4.69) is 5.32 Å². The highest BCUT2D eigenvalue weighted by molar-refractivity contribution is 6.02. The van der Waals surface area contributed by atoms with Crippen LogP contribution in [0.15, 0.2) is 71.7 Å². The molecule has 0 aliphatic carbocycles. The van der Waals surface area contributed by atoms with Gasteiger partial charge in [0.25, 0.3) is 0 Å². The van der Waals surface area contributed by atoms with Crippen molar-refractivity contribution in [2.75, 3.05) is 13.9 Å². The molecule has 0 saturated carbocycles. The number of para-hydroxylation sites is 2. The molecular formula is C24H22N2O4. The van der Waals surface area contributed by atoms with Gasteiger partial charge in [-0.2, -0.15) is 0 Å². The minimum atomic E-state index is -0.320. The maximum absolute atomic E-state index is 10.5. The summed E-state index contributed by atoms with van der Waals surface area (Å²) in [6.45, 7) is 0.233. The molecule has 3 aromatic rings. The molecule has 30 heavy (non-hydrogen) atoms. The molecule has 2 aliphatic heterocycles. The Morgan fingerprint density at radius 2 is 1.73 bits per heavy atom. The van der Waals surface area contributed by atoms with E-state index in [0.717, 1.165) is 39.7 Å². The average Bonchev–Trinajstić information content (AvgIpc) is 3.27. The summed E-state index contributed by atoms with van der Waals surface area (Å²) in [7, 11) is 1.66. The number of aromatic hydroxyl groups is 1. The molecule has 6 nitrogen and oxygen atoms in total. The Balaban J connectivity index is 1.58. The van der Waals surface area contributed by atoms with Crippen LogP contribution in [0.2, 0.25) is 0 Å². The van der Waals surface area contributed by atoms with Crippen molar-refractivity contribution < 1.29 is 19.3 Å². The Hall–Kier alpha value is -3.51. The number of phenols is 1. The highest BCUT2D eigenvalue weighted by Gasteiger charge is 2.29. The SMILES string of the molecule is COc1ccccc1[C@H]1N=C(c2ccc3c(c2)OCO3)C[C@@H](c2ccccc2O)N1. The third kappa shape index (κ3) is 3.35. The average molecular weight is 402 g/mol. The van der Waals surface area contributed by atoms with E-state index in [1.54, 1.807) is 13.2 Å². The van der Waals surface area contributed by atoms with Crippen molar-refractivity contribution in [3.05, 3.63) is 83.4 Å². The Labute approximate surface area is 174 Å². The molecule has 152 valence electrons. The zero-order chi connectivity index (χ0) is 20.5. The van der Waals surface area contributed by atoms with E-state index in [-0.39, 0.29) is 24.8 Å². The number of aliphatic imine (C=N–C) groups is 1. The van der Waals surface area contributed by atoms with Crippen LogP contribution in [0, 0.1) is 0 Å². The van der Waals surface area contributed by atoms with Crippen molar-refractivity contribution in [1.82, 2.24) is 5.32 Å². The highest BCUT2D eigenvalue weighted by Crippen LogP contribution is 2.38. The van der Waals surface area contributed by atoms with Crippen LogP contribution in [0.5, 0.6) is 23.0 Å². The van der Waals surface area contributed by atoms with Gasteiger partial charge < -0.3 is 19.3 Å². The predicted molar refractivity (Wildman–Crippen MR) is 113 cm³/mol. The lowest BCUT2D eigenvalue weighted by Crippen LogP contribution is -2.33. The maximum atomic E-state index is 10.5. The first-order valence-corrected chi connectivity index (χ1v) is 9.86. The largest absolute Gasteiger partial charge is 0.508 e. The smallest absolute Gasteiger partial charge is 0.231 e. The van der Waals surface area contributed by atoms with E-state index in [1.807, 2.05) is 60.7 Å². The summed E-state index contributed by atoms with van der Waals surface area (Å²) in [5.41, 5.74) is 3.68. The second kappa shape index (κ2) is 7.72. The lowest BCUT2D eigenvalue weighted by molar-refractivity contribution is 0.174. The Morgan fingerprint density at radius 1 is 0.967 bits per heavy atom. The van der Waals surface area contributed by atoms with Gasteiger partial charge in [0.1, 0.15) is 17.7 Å². The molecule has 0 saturated heterocycles.